The summed E-state index contributed by atoms with van der Waals surface area (Å²) in [6.45, 7) is 6.07. The summed E-state index contributed by atoms with van der Waals surface area (Å²) in [5.41, 5.74) is 10.9. The summed E-state index contributed by atoms with van der Waals surface area (Å²) in [5, 5.41) is 2.55. The van der Waals surface area contributed by atoms with E-state index in [1.807, 2.05) is 6.92 Å². The maximum absolute atomic E-state index is 12.4. The van der Waals surface area contributed by atoms with Crippen molar-refractivity contribution in [1.82, 2.24) is 10.2 Å². The molecule has 0 radical (unpaired) electrons. The van der Waals surface area contributed by atoms with Gasteiger partial charge in [0.15, 0.2) is 0 Å². The number of hydrogen-bond donors (Lipinski definition) is 3. The Morgan fingerprint density at radius 3 is 2.55 bits per heavy atom. The van der Waals surface area contributed by atoms with Crippen LogP contribution in [0.2, 0.25) is 0 Å². The average molecular weight is 307 g/mol. The molecule has 0 aromatic heterocycles. The highest BCUT2D eigenvalue weighted by Crippen LogP contribution is 2.29. The molecule has 0 bridgehead atoms. The molecule has 0 aromatic carbocycles. The molecule has 2 unspecified atom stereocenters. The van der Waals surface area contributed by atoms with Crippen molar-refractivity contribution in [3.8, 4) is 0 Å². The van der Waals surface area contributed by atoms with E-state index in [-0.39, 0.29) is 23.7 Å². The van der Waals surface area contributed by atoms with Crippen LogP contribution in [0, 0.1) is 5.41 Å². The van der Waals surface area contributed by atoms with E-state index in [4.69, 9.17) is 11.5 Å². The summed E-state index contributed by atoms with van der Waals surface area (Å²) in [5.74, 6) is -0.0376. The highest BCUT2D eigenvalue weighted by molar-refractivity contribution is 5.86. The predicted molar refractivity (Wildman–Crippen MR) is 81.6 cm³/mol. The normalized spacial score (nSPS) is 23.1. The highest BCUT2D eigenvalue weighted by atomic mass is 35.5. The second kappa shape index (κ2) is 8.32. The Bertz CT molecular complexity index is 340. The SMILES string of the molecule is CCCCC(NC(N)=O)C(=O)N1CCC(C)(CN)C1.Cl. The van der Waals surface area contributed by atoms with Gasteiger partial charge in [0.2, 0.25) is 5.91 Å². The monoisotopic (exact) mass is 306 g/mol. The van der Waals surface area contributed by atoms with E-state index in [1.165, 1.54) is 0 Å². The van der Waals surface area contributed by atoms with Crippen molar-refractivity contribution < 1.29 is 9.59 Å². The molecule has 1 rings (SSSR count). The maximum Gasteiger partial charge on any atom is 0.312 e. The van der Waals surface area contributed by atoms with Crippen LogP contribution in [0.25, 0.3) is 0 Å². The van der Waals surface area contributed by atoms with Gasteiger partial charge in [0, 0.05) is 13.1 Å². The molecule has 2 atom stereocenters. The van der Waals surface area contributed by atoms with E-state index in [1.54, 1.807) is 4.90 Å². The molecule has 6 nitrogen and oxygen atoms in total. The van der Waals surface area contributed by atoms with E-state index >= 15 is 0 Å². The number of halogens is 1. The van der Waals surface area contributed by atoms with Crippen LogP contribution in [0.15, 0.2) is 0 Å². The van der Waals surface area contributed by atoms with Crippen LogP contribution in [0.3, 0.4) is 0 Å². The van der Waals surface area contributed by atoms with Crippen LogP contribution in [0.1, 0.15) is 39.5 Å². The Labute approximate surface area is 127 Å². The summed E-state index contributed by atoms with van der Waals surface area (Å²) in [4.78, 5) is 25.2. The molecule has 118 valence electrons. The number of unbranched alkanes of at least 4 members (excludes halogenated alkanes) is 1. The summed E-state index contributed by atoms with van der Waals surface area (Å²) < 4.78 is 0. The largest absolute Gasteiger partial charge is 0.352 e. The predicted octanol–water partition coefficient (Wildman–Crippen LogP) is 0.833. The lowest BCUT2D eigenvalue weighted by atomic mass is 9.90. The minimum absolute atomic E-state index is 0. The van der Waals surface area contributed by atoms with E-state index in [0.29, 0.717) is 26.1 Å². The van der Waals surface area contributed by atoms with E-state index in [2.05, 4.69) is 12.2 Å². The van der Waals surface area contributed by atoms with Gasteiger partial charge in [-0.2, -0.15) is 0 Å². The van der Waals surface area contributed by atoms with Crippen molar-refractivity contribution in [2.75, 3.05) is 19.6 Å². The number of rotatable bonds is 6. The van der Waals surface area contributed by atoms with Gasteiger partial charge >= 0.3 is 6.03 Å². The zero-order valence-corrected chi connectivity index (χ0v) is 13.2. The number of likely N-dealkylation sites (tertiary alicyclic amines) is 1. The molecule has 0 spiro atoms. The molecule has 0 aromatic rings. The number of primary amides is 1. The number of nitrogens with one attached hydrogen (secondary N) is 1. The third kappa shape index (κ3) is 5.17. The molecule has 5 N–H and O–H groups in total. The van der Waals surface area contributed by atoms with E-state index < -0.39 is 12.1 Å². The van der Waals surface area contributed by atoms with Gasteiger partial charge in [-0.25, -0.2) is 4.79 Å². The summed E-state index contributed by atoms with van der Waals surface area (Å²) in [6, 6.07) is -1.15. The maximum atomic E-state index is 12.4. The van der Waals surface area contributed by atoms with Crippen LogP contribution in [0.4, 0.5) is 4.79 Å². The number of urea groups is 1. The van der Waals surface area contributed by atoms with Gasteiger partial charge in [0.1, 0.15) is 6.04 Å². The van der Waals surface area contributed by atoms with Gasteiger partial charge in [-0.05, 0) is 24.8 Å². The third-order valence-corrected chi connectivity index (χ3v) is 3.82. The third-order valence-electron chi connectivity index (χ3n) is 3.82. The van der Waals surface area contributed by atoms with Gasteiger partial charge in [-0.3, -0.25) is 4.79 Å². The van der Waals surface area contributed by atoms with Crippen molar-refractivity contribution in [2.45, 2.75) is 45.6 Å². The first-order valence-electron chi connectivity index (χ1n) is 6.96. The fourth-order valence-corrected chi connectivity index (χ4v) is 2.44. The van der Waals surface area contributed by atoms with Crippen LogP contribution in [0.5, 0.6) is 0 Å². The first-order valence-corrected chi connectivity index (χ1v) is 6.96. The van der Waals surface area contributed by atoms with Crippen molar-refractivity contribution in [2.24, 2.45) is 16.9 Å². The fourth-order valence-electron chi connectivity index (χ4n) is 2.44. The first kappa shape index (κ1) is 19.0. The Morgan fingerprint density at radius 1 is 1.45 bits per heavy atom. The lowest BCUT2D eigenvalue weighted by molar-refractivity contribution is -0.132. The van der Waals surface area contributed by atoms with Crippen LogP contribution in [-0.2, 0) is 4.79 Å². The van der Waals surface area contributed by atoms with Crippen LogP contribution in [-0.4, -0.2) is 42.5 Å². The molecule has 1 heterocycles. The van der Waals surface area contributed by atoms with Gasteiger partial charge < -0.3 is 21.7 Å². The average Bonchev–Trinajstić information content (AvgIpc) is 2.77. The van der Waals surface area contributed by atoms with Crippen LogP contribution >= 0.6 is 12.4 Å². The number of carbonyl (C=O) groups excluding carboxylic acids is 2. The molecule has 1 aliphatic heterocycles. The Hall–Kier alpha value is -1.01. The number of carbonyl (C=O) groups is 2. The Morgan fingerprint density at radius 2 is 2.10 bits per heavy atom. The number of amides is 3. The zero-order valence-electron chi connectivity index (χ0n) is 12.4. The first-order chi connectivity index (χ1) is 8.91. The zero-order chi connectivity index (χ0) is 14.5. The molecule has 0 aliphatic carbocycles. The van der Waals surface area contributed by atoms with Crippen molar-refractivity contribution in [3.63, 3.8) is 0 Å². The topological polar surface area (TPSA) is 101 Å². The summed E-state index contributed by atoms with van der Waals surface area (Å²) in [7, 11) is 0. The standard InChI is InChI=1S/C13H26N4O2.ClH/c1-3-4-5-10(16-12(15)19)11(18)17-7-6-13(2,8-14)9-17;/h10H,3-9,14H2,1-2H3,(H3,15,16,19);1H. The molecule has 1 fully saturated rings. The smallest absolute Gasteiger partial charge is 0.312 e. The minimum Gasteiger partial charge on any atom is -0.352 e. The molecule has 1 aliphatic rings. The molecular weight excluding hydrogens is 280 g/mol. The van der Waals surface area contributed by atoms with Crippen molar-refractivity contribution in [3.05, 3.63) is 0 Å². The Kier molecular flexibility index (Phi) is 7.90. The lowest BCUT2D eigenvalue weighted by Gasteiger charge is -2.26. The number of nitrogens with two attached hydrogens (primary N) is 2. The number of hydrogen-bond acceptors (Lipinski definition) is 3. The van der Waals surface area contributed by atoms with Gasteiger partial charge in [-0.1, -0.05) is 26.7 Å². The molecule has 1 saturated heterocycles. The van der Waals surface area contributed by atoms with Gasteiger partial charge in [0.25, 0.3) is 0 Å². The quantitative estimate of drug-likeness (QED) is 0.677. The van der Waals surface area contributed by atoms with Gasteiger partial charge in [-0.15, -0.1) is 12.4 Å². The second-order valence-electron chi connectivity index (χ2n) is 5.73. The molecule has 0 saturated carbocycles. The minimum atomic E-state index is -0.643. The highest BCUT2D eigenvalue weighted by Gasteiger charge is 2.37. The van der Waals surface area contributed by atoms with E-state index in [9.17, 15) is 9.59 Å². The summed E-state index contributed by atoms with van der Waals surface area (Å²) >= 11 is 0. The fraction of sp³-hybridized carbons (Fsp3) is 0.846. The second-order valence-corrected chi connectivity index (χ2v) is 5.73. The lowest BCUT2D eigenvalue weighted by Crippen LogP contribution is -2.50. The molecule has 20 heavy (non-hydrogen) atoms. The molecule has 3 amide bonds. The number of nitrogens with zero attached hydrogens (tertiary/aromatic N) is 1. The van der Waals surface area contributed by atoms with Crippen LogP contribution < -0.4 is 16.8 Å². The molecular formula is C13H27ClN4O2. The van der Waals surface area contributed by atoms with Gasteiger partial charge in [0.05, 0.1) is 0 Å². The van der Waals surface area contributed by atoms with Crippen molar-refractivity contribution >= 4 is 24.3 Å². The van der Waals surface area contributed by atoms with Crippen molar-refractivity contribution in [1.29, 1.82) is 0 Å². The summed E-state index contributed by atoms with van der Waals surface area (Å²) in [6.07, 6.45) is 3.41. The van der Waals surface area contributed by atoms with E-state index in [0.717, 1.165) is 19.3 Å². The Balaban J connectivity index is 0.00000361. The molecule has 7 heteroatoms.